The Bertz CT molecular complexity index is 689. The van der Waals surface area contributed by atoms with Gasteiger partial charge in [0.25, 0.3) is 0 Å². The molecule has 1 amide bonds. The van der Waals surface area contributed by atoms with Crippen LogP contribution in [0.2, 0.25) is 0 Å². The van der Waals surface area contributed by atoms with E-state index >= 15 is 0 Å². The number of amides is 1. The first-order valence-corrected chi connectivity index (χ1v) is 10.5. The van der Waals surface area contributed by atoms with Crippen molar-refractivity contribution in [3.8, 4) is 0 Å². The van der Waals surface area contributed by atoms with Gasteiger partial charge in [-0.25, -0.2) is 13.2 Å². The minimum atomic E-state index is -3.85. The number of carbonyl (C=O) groups is 2. The molecule has 2 unspecified atom stereocenters. The topological polar surface area (TPSA) is 102 Å². The Labute approximate surface area is 153 Å². The summed E-state index contributed by atoms with van der Waals surface area (Å²) in [5.41, 5.74) is 0.933. The predicted octanol–water partition coefficient (Wildman–Crippen LogP) is 1.07. The van der Waals surface area contributed by atoms with Crippen LogP contribution in [0.4, 0.5) is 0 Å². The summed E-state index contributed by atoms with van der Waals surface area (Å²) in [5, 5.41) is 2.47. The number of benzene rings is 1. The molecule has 0 heterocycles. The van der Waals surface area contributed by atoms with Gasteiger partial charge in [-0.15, -0.1) is 0 Å². The van der Waals surface area contributed by atoms with E-state index in [2.05, 4.69) is 14.8 Å². The Morgan fingerprint density at radius 1 is 1.24 bits per heavy atom. The molecule has 7 nitrogen and oxygen atoms in total. The maximum atomic E-state index is 12.5. The summed E-state index contributed by atoms with van der Waals surface area (Å²) in [4.78, 5) is 23.9. The monoisotopic (exact) mass is 388 g/mol. The molecule has 0 bridgehead atoms. The SMILES string of the molecule is COC(=O)C(C)NC(=O)C(CCSC)NS(=O)(=O)c1ccc(C)cc1. The van der Waals surface area contributed by atoms with E-state index in [9.17, 15) is 18.0 Å². The Hall–Kier alpha value is -1.58. The standard InChI is InChI=1S/C16H24N2O5S2/c1-11-5-7-13(8-6-11)25(21,22)18-14(9-10-24-4)15(19)17-12(2)16(20)23-3/h5-8,12,14,18H,9-10H2,1-4H3,(H,17,19). The summed E-state index contributed by atoms with van der Waals surface area (Å²) < 4.78 is 32.0. The van der Waals surface area contributed by atoms with Crippen LogP contribution in [0.1, 0.15) is 18.9 Å². The van der Waals surface area contributed by atoms with Gasteiger partial charge in [0.1, 0.15) is 12.1 Å². The summed E-state index contributed by atoms with van der Waals surface area (Å²) in [6.07, 6.45) is 2.16. The molecular formula is C16H24N2O5S2. The number of ether oxygens (including phenoxy) is 1. The van der Waals surface area contributed by atoms with Crippen molar-refractivity contribution in [2.45, 2.75) is 37.2 Å². The van der Waals surface area contributed by atoms with Crippen molar-refractivity contribution in [3.63, 3.8) is 0 Å². The van der Waals surface area contributed by atoms with Crippen LogP contribution in [0.5, 0.6) is 0 Å². The Morgan fingerprint density at radius 3 is 2.36 bits per heavy atom. The fraction of sp³-hybridized carbons (Fsp3) is 0.500. The number of hydrogen-bond acceptors (Lipinski definition) is 6. The lowest BCUT2D eigenvalue weighted by Crippen LogP contribution is -2.51. The van der Waals surface area contributed by atoms with Crippen LogP contribution >= 0.6 is 11.8 Å². The van der Waals surface area contributed by atoms with Crippen LogP contribution in [0, 0.1) is 6.92 Å². The maximum absolute atomic E-state index is 12.5. The zero-order chi connectivity index (χ0) is 19.0. The van der Waals surface area contributed by atoms with Gasteiger partial charge in [0, 0.05) is 0 Å². The molecule has 9 heteroatoms. The van der Waals surface area contributed by atoms with Gasteiger partial charge >= 0.3 is 5.97 Å². The highest BCUT2D eigenvalue weighted by atomic mass is 32.2. The number of esters is 1. The molecule has 0 aliphatic heterocycles. The van der Waals surface area contributed by atoms with E-state index in [4.69, 9.17) is 0 Å². The second kappa shape index (κ2) is 9.79. The summed E-state index contributed by atoms with van der Waals surface area (Å²) in [6.45, 7) is 3.33. The predicted molar refractivity (Wildman–Crippen MR) is 97.9 cm³/mol. The van der Waals surface area contributed by atoms with Gasteiger partial charge in [-0.05, 0) is 44.4 Å². The molecule has 140 valence electrons. The molecule has 2 N–H and O–H groups in total. The van der Waals surface area contributed by atoms with E-state index in [0.29, 0.717) is 12.2 Å². The normalized spacial score (nSPS) is 13.8. The third kappa shape index (κ3) is 6.68. The minimum absolute atomic E-state index is 0.0843. The number of nitrogens with one attached hydrogen (secondary N) is 2. The first-order chi connectivity index (χ1) is 11.7. The minimum Gasteiger partial charge on any atom is -0.467 e. The summed E-state index contributed by atoms with van der Waals surface area (Å²) in [6, 6.07) is 4.50. The molecule has 0 saturated carbocycles. The fourth-order valence-electron chi connectivity index (χ4n) is 2.00. The molecular weight excluding hydrogens is 364 g/mol. The smallest absolute Gasteiger partial charge is 0.328 e. The van der Waals surface area contributed by atoms with Crippen molar-refractivity contribution >= 4 is 33.7 Å². The highest BCUT2D eigenvalue weighted by Gasteiger charge is 2.27. The third-order valence-electron chi connectivity index (χ3n) is 3.47. The summed E-state index contributed by atoms with van der Waals surface area (Å²) in [7, 11) is -2.63. The van der Waals surface area contributed by atoms with Crippen molar-refractivity contribution in [2.75, 3.05) is 19.1 Å². The average molecular weight is 389 g/mol. The Balaban J connectivity index is 2.92. The van der Waals surface area contributed by atoms with E-state index < -0.39 is 34.0 Å². The summed E-state index contributed by atoms with van der Waals surface area (Å²) in [5.74, 6) is -0.581. The van der Waals surface area contributed by atoms with E-state index in [1.807, 2.05) is 13.2 Å². The van der Waals surface area contributed by atoms with Gasteiger partial charge in [-0.2, -0.15) is 16.5 Å². The molecule has 0 aromatic heterocycles. The first kappa shape index (κ1) is 21.5. The van der Waals surface area contributed by atoms with Crippen LogP contribution in [0.3, 0.4) is 0 Å². The molecule has 1 rings (SSSR count). The molecule has 2 atom stereocenters. The molecule has 0 saturated heterocycles. The number of methoxy groups -OCH3 is 1. The molecule has 1 aromatic rings. The highest BCUT2D eigenvalue weighted by molar-refractivity contribution is 7.98. The zero-order valence-electron chi connectivity index (χ0n) is 14.7. The number of sulfonamides is 1. The number of hydrogen-bond donors (Lipinski definition) is 2. The lowest BCUT2D eigenvalue weighted by molar-refractivity contribution is -0.144. The zero-order valence-corrected chi connectivity index (χ0v) is 16.4. The van der Waals surface area contributed by atoms with Gasteiger partial charge in [0.2, 0.25) is 15.9 Å². The number of carbonyl (C=O) groups excluding carboxylic acids is 2. The quantitative estimate of drug-likeness (QED) is 0.614. The molecule has 0 spiro atoms. The first-order valence-electron chi connectivity index (χ1n) is 7.67. The van der Waals surface area contributed by atoms with Gasteiger partial charge in [0.05, 0.1) is 12.0 Å². The molecule has 25 heavy (non-hydrogen) atoms. The molecule has 0 fully saturated rings. The summed E-state index contributed by atoms with van der Waals surface area (Å²) >= 11 is 1.49. The van der Waals surface area contributed by atoms with Crippen molar-refractivity contribution in [2.24, 2.45) is 0 Å². The fourth-order valence-corrected chi connectivity index (χ4v) is 3.70. The van der Waals surface area contributed by atoms with Gasteiger partial charge in [0.15, 0.2) is 0 Å². The molecule has 1 aromatic carbocycles. The van der Waals surface area contributed by atoms with Crippen molar-refractivity contribution < 1.29 is 22.7 Å². The van der Waals surface area contributed by atoms with Crippen molar-refractivity contribution in [3.05, 3.63) is 29.8 Å². The number of rotatable bonds is 9. The van der Waals surface area contributed by atoms with Crippen molar-refractivity contribution in [1.82, 2.24) is 10.0 Å². The highest BCUT2D eigenvalue weighted by Crippen LogP contribution is 2.12. The van der Waals surface area contributed by atoms with Crippen molar-refractivity contribution in [1.29, 1.82) is 0 Å². The Morgan fingerprint density at radius 2 is 1.84 bits per heavy atom. The largest absolute Gasteiger partial charge is 0.467 e. The van der Waals surface area contributed by atoms with E-state index in [-0.39, 0.29) is 4.90 Å². The number of aryl methyl sites for hydroxylation is 1. The maximum Gasteiger partial charge on any atom is 0.328 e. The molecule has 0 radical (unpaired) electrons. The van der Waals surface area contributed by atoms with Gasteiger partial charge in [-0.1, -0.05) is 17.7 Å². The lowest BCUT2D eigenvalue weighted by atomic mass is 10.2. The van der Waals surface area contributed by atoms with Crippen LogP contribution in [0.25, 0.3) is 0 Å². The van der Waals surface area contributed by atoms with E-state index in [1.54, 1.807) is 12.1 Å². The van der Waals surface area contributed by atoms with Crippen LogP contribution in [-0.2, 0) is 24.3 Å². The van der Waals surface area contributed by atoms with Crippen LogP contribution in [0.15, 0.2) is 29.2 Å². The second-order valence-corrected chi connectivity index (χ2v) is 8.22. The van der Waals surface area contributed by atoms with E-state index in [1.165, 1.54) is 37.9 Å². The van der Waals surface area contributed by atoms with E-state index in [0.717, 1.165) is 5.56 Å². The third-order valence-corrected chi connectivity index (χ3v) is 5.60. The van der Waals surface area contributed by atoms with Crippen LogP contribution < -0.4 is 10.0 Å². The van der Waals surface area contributed by atoms with Crippen LogP contribution in [-0.4, -0.2) is 51.5 Å². The molecule has 0 aliphatic rings. The number of thioether (sulfide) groups is 1. The average Bonchev–Trinajstić information content (AvgIpc) is 2.57. The van der Waals surface area contributed by atoms with Gasteiger partial charge < -0.3 is 10.1 Å². The second-order valence-electron chi connectivity index (χ2n) is 5.52. The van der Waals surface area contributed by atoms with Gasteiger partial charge in [-0.3, -0.25) is 4.79 Å². The lowest BCUT2D eigenvalue weighted by Gasteiger charge is -2.20. The Kier molecular flexibility index (Phi) is 8.40. The molecule has 0 aliphatic carbocycles.